The van der Waals surface area contributed by atoms with E-state index in [0.29, 0.717) is 12.0 Å². The number of aliphatic hydroxyl groups excluding tert-OH is 1. The van der Waals surface area contributed by atoms with Crippen molar-refractivity contribution in [2.75, 3.05) is 6.54 Å². The number of nitrogens with zero attached hydrogens (tertiary/aromatic N) is 1. The summed E-state index contributed by atoms with van der Waals surface area (Å²) in [5, 5.41) is 35.7. The first kappa shape index (κ1) is 32.8. The summed E-state index contributed by atoms with van der Waals surface area (Å²) >= 11 is 0. The molecule has 0 spiro atoms. The Kier molecular flexibility index (Phi) is 13.9. The quantitative estimate of drug-likeness (QED) is 0.0549. The zero-order valence-electron chi connectivity index (χ0n) is 21.6. The molecule has 0 aromatic heterocycles. The maximum Gasteiger partial charge on any atom is 0.326 e. The summed E-state index contributed by atoms with van der Waals surface area (Å²) in [6, 6.07) is 3.07. The van der Waals surface area contributed by atoms with Gasteiger partial charge in [0.25, 0.3) is 0 Å². The van der Waals surface area contributed by atoms with Crippen LogP contribution in [-0.2, 0) is 30.4 Å². The maximum atomic E-state index is 13.0. The summed E-state index contributed by atoms with van der Waals surface area (Å²) < 4.78 is 0. The lowest BCUT2D eigenvalue weighted by molar-refractivity contribution is -0.143. The smallest absolute Gasteiger partial charge is 0.326 e. The van der Waals surface area contributed by atoms with Crippen molar-refractivity contribution in [1.29, 1.82) is 0 Å². The molecule has 1 rings (SSSR count). The molecule has 0 saturated heterocycles. The van der Waals surface area contributed by atoms with E-state index in [1.54, 1.807) is 30.3 Å². The monoisotopic (exact) mass is 551 g/mol. The Morgan fingerprint density at radius 3 is 2.05 bits per heavy atom. The lowest BCUT2D eigenvalue weighted by Crippen LogP contribution is -2.60. The molecule has 15 heteroatoms. The lowest BCUT2D eigenvalue weighted by Gasteiger charge is -2.26. The molecule has 0 aliphatic heterocycles. The molecule has 0 aliphatic rings. The molecule has 1 aromatic carbocycles. The molecule has 3 amide bonds. The number of benzene rings is 1. The second kappa shape index (κ2) is 16.6. The van der Waals surface area contributed by atoms with Crippen molar-refractivity contribution < 1.29 is 39.3 Å². The Morgan fingerprint density at radius 1 is 0.897 bits per heavy atom. The van der Waals surface area contributed by atoms with Gasteiger partial charge in [-0.2, -0.15) is 0 Å². The van der Waals surface area contributed by atoms with Crippen LogP contribution in [0.2, 0.25) is 0 Å². The number of carbonyl (C=O) groups is 5. The van der Waals surface area contributed by atoms with Gasteiger partial charge in [0.05, 0.1) is 12.1 Å². The van der Waals surface area contributed by atoms with Crippen LogP contribution in [-0.4, -0.2) is 87.8 Å². The zero-order valence-corrected chi connectivity index (χ0v) is 21.6. The lowest BCUT2D eigenvalue weighted by atomic mass is 10.0. The average molecular weight is 552 g/mol. The number of hydrogen-bond acceptors (Lipinski definition) is 8. The SMILES string of the molecule is CC(O)C(NC(=O)C(CCC(=O)O)NC(=O)C(N)CCCN=C(N)N)C(=O)NC(Cc1ccccc1)C(=O)O. The van der Waals surface area contributed by atoms with Crippen molar-refractivity contribution in [3.8, 4) is 0 Å². The van der Waals surface area contributed by atoms with E-state index in [9.17, 15) is 34.2 Å². The number of carboxylic acid groups (broad SMARTS) is 2. The fourth-order valence-electron chi connectivity index (χ4n) is 3.44. The Labute approximate surface area is 225 Å². The number of carbonyl (C=O) groups excluding carboxylic acids is 3. The van der Waals surface area contributed by atoms with Crippen LogP contribution in [0.25, 0.3) is 0 Å². The molecule has 15 nitrogen and oxygen atoms in total. The van der Waals surface area contributed by atoms with Crippen LogP contribution in [0, 0.1) is 0 Å². The van der Waals surface area contributed by atoms with Crippen molar-refractivity contribution in [2.24, 2.45) is 22.2 Å². The van der Waals surface area contributed by atoms with Crippen molar-refractivity contribution in [2.45, 2.75) is 69.3 Å². The molecule has 0 heterocycles. The predicted molar refractivity (Wildman–Crippen MR) is 140 cm³/mol. The molecule has 216 valence electrons. The van der Waals surface area contributed by atoms with Crippen molar-refractivity contribution in [3.05, 3.63) is 35.9 Å². The molecule has 0 bridgehead atoms. The maximum absolute atomic E-state index is 13.0. The minimum absolute atomic E-state index is 0.0548. The van der Waals surface area contributed by atoms with Gasteiger partial charge in [-0.1, -0.05) is 30.3 Å². The minimum Gasteiger partial charge on any atom is -0.481 e. The van der Waals surface area contributed by atoms with E-state index >= 15 is 0 Å². The highest BCUT2D eigenvalue weighted by Gasteiger charge is 2.33. The molecule has 12 N–H and O–H groups in total. The predicted octanol–water partition coefficient (Wildman–Crippen LogP) is -2.61. The molecule has 0 saturated carbocycles. The fraction of sp³-hybridized carbons (Fsp3) is 0.500. The van der Waals surface area contributed by atoms with Gasteiger partial charge in [-0.25, -0.2) is 4.79 Å². The number of nitrogens with two attached hydrogens (primary N) is 3. The van der Waals surface area contributed by atoms with Crippen LogP contribution in [0.5, 0.6) is 0 Å². The minimum atomic E-state index is -1.60. The van der Waals surface area contributed by atoms with Gasteiger partial charge in [-0.15, -0.1) is 0 Å². The number of hydrogen-bond donors (Lipinski definition) is 9. The number of aliphatic carboxylic acids is 2. The highest BCUT2D eigenvalue weighted by Crippen LogP contribution is 2.07. The van der Waals surface area contributed by atoms with Crippen LogP contribution in [0.4, 0.5) is 0 Å². The molecule has 0 radical (unpaired) electrons. The largest absolute Gasteiger partial charge is 0.481 e. The van der Waals surface area contributed by atoms with E-state index in [1.165, 1.54) is 6.92 Å². The number of aliphatic imine (C=N–C) groups is 1. The summed E-state index contributed by atoms with van der Waals surface area (Å²) in [7, 11) is 0. The van der Waals surface area contributed by atoms with Crippen LogP contribution in [0.1, 0.15) is 38.2 Å². The third-order valence-electron chi connectivity index (χ3n) is 5.54. The Bertz CT molecular complexity index is 1010. The molecular weight excluding hydrogens is 514 g/mol. The molecule has 5 atom stereocenters. The van der Waals surface area contributed by atoms with Gasteiger partial charge in [0, 0.05) is 19.4 Å². The average Bonchev–Trinajstić information content (AvgIpc) is 2.86. The van der Waals surface area contributed by atoms with Crippen LogP contribution in [0.3, 0.4) is 0 Å². The van der Waals surface area contributed by atoms with Gasteiger partial charge in [0.2, 0.25) is 17.7 Å². The standard InChI is InChI=1S/C24H37N7O8/c1-13(32)19(22(37)30-17(23(38)39)12-14-6-3-2-4-7-14)31-21(36)16(9-10-18(33)34)29-20(35)15(25)8-5-11-28-24(26)27/h2-4,6-7,13,15-17,19,32H,5,8-12,25H2,1H3,(H,29,35)(H,30,37)(H,31,36)(H,33,34)(H,38,39)(H4,26,27,28). The molecule has 0 fully saturated rings. The number of nitrogens with one attached hydrogen (secondary N) is 3. The Hall–Kier alpha value is -4.24. The zero-order chi connectivity index (χ0) is 29.5. The Balaban J connectivity index is 2.93. The summed E-state index contributed by atoms with van der Waals surface area (Å²) in [5.74, 6) is -5.39. The molecule has 1 aromatic rings. The van der Waals surface area contributed by atoms with E-state index < -0.39 is 66.4 Å². The van der Waals surface area contributed by atoms with Crippen molar-refractivity contribution in [1.82, 2.24) is 16.0 Å². The number of rotatable bonds is 17. The third kappa shape index (κ3) is 12.7. The van der Waals surface area contributed by atoms with Gasteiger partial charge in [0.15, 0.2) is 5.96 Å². The van der Waals surface area contributed by atoms with E-state index in [4.69, 9.17) is 22.3 Å². The number of amides is 3. The van der Waals surface area contributed by atoms with Crippen LogP contribution < -0.4 is 33.2 Å². The normalized spacial score (nSPS) is 14.5. The van der Waals surface area contributed by atoms with E-state index in [2.05, 4.69) is 20.9 Å². The first-order valence-corrected chi connectivity index (χ1v) is 12.2. The first-order valence-electron chi connectivity index (χ1n) is 12.2. The van der Waals surface area contributed by atoms with E-state index in [-0.39, 0.29) is 31.8 Å². The summed E-state index contributed by atoms with van der Waals surface area (Å²) in [6.45, 7) is 1.42. The number of aliphatic hydroxyl groups is 1. The second-order valence-corrected chi connectivity index (χ2v) is 8.86. The number of carboxylic acids is 2. The topological polar surface area (TPSA) is 273 Å². The van der Waals surface area contributed by atoms with E-state index in [0.717, 1.165) is 0 Å². The second-order valence-electron chi connectivity index (χ2n) is 8.86. The van der Waals surface area contributed by atoms with Gasteiger partial charge >= 0.3 is 11.9 Å². The van der Waals surface area contributed by atoms with Crippen molar-refractivity contribution in [3.63, 3.8) is 0 Å². The first-order chi connectivity index (χ1) is 18.3. The van der Waals surface area contributed by atoms with Crippen LogP contribution in [0.15, 0.2) is 35.3 Å². The highest BCUT2D eigenvalue weighted by atomic mass is 16.4. The number of guanidine groups is 1. The molecule has 39 heavy (non-hydrogen) atoms. The summed E-state index contributed by atoms with van der Waals surface area (Å²) in [5.41, 5.74) is 17.0. The van der Waals surface area contributed by atoms with E-state index in [1.807, 2.05) is 0 Å². The van der Waals surface area contributed by atoms with Gasteiger partial charge in [0.1, 0.15) is 18.1 Å². The molecule has 5 unspecified atom stereocenters. The molecule has 0 aliphatic carbocycles. The Morgan fingerprint density at radius 2 is 1.51 bits per heavy atom. The third-order valence-corrected chi connectivity index (χ3v) is 5.54. The van der Waals surface area contributed by atoms with Crippen molar-refractivity contribution >= 4 is 35.6 Å². The fourth-order valence-corrected chi connectivity index (χ4v) is 3.44. The summed E-state index contributed by atoms with van der Waals surface area (Å²) in [4.78, 5) is 64.9. The molecular formula is C24H37N7O8. The van der Waals surface area contributed by atoms with Gasteiger partial charge in [-0.05, 0) is 31.7 Å². The highest BCUT2D eigenvalue weighted by molar-refractivity contribution is 5.94. The van der Waals surface area contributed by atoms with Gasteiger partial charge in [-0.3, -0.25) is 24.2 Å². The summed E-state index contributed by atoms with van der Waals surface area (Å²) in [6.07, 6.45) is -1.84. The van der Waals surface area contributed by atoms with Gasteiger partial charge < -0.3 is 48.5 Å². The van der Waals surface area contributed by atoms with Crippen LogP contribution >= 0.6 is 0 Å².